The molecule has 2 heterocycles. The fourth-order valence-corrected chi connectivity index (χ4v) is 3.18. The van der Waals surface area contributed by atoms with Crippen LogP contribution in [0.2, 0.25) is 0 Å². The number of carbonyl (C=O) groups excluding carboxylic acids is 2. The number of nitrogens with one attached hydrogen (secondary N) is 1. The second-order valence-electron chi connectivity index (χ2n) is 5.37. The number of anilines is 1. The molecule has 0 aliphatic rings. The summed E-state index contributed by atoms with van der Waals surface area (Å²) in [6.07, 6.45) is 0. The van der Waals surface area contributed by atoms with Gasteiger partial charge in [0.1, 0.15) is 5.01 Å². The second-order valence-corrected chi connectivity index (χ2v) is 6.55. The molecule has 0 fully saturated rings. The van der Waals surface area contributed by atoms with Gasteiger partial charge >= 0.3 is 0 Å². The SMILES string of the molecule is Cc1nnc(NC(=O)C(=O)c2cc(C)n(-c3ccccc3)c2C)s1. The van der Waals surface area contributed by atoms with Crippen molar-refractivity contribution in [2.24, 2.45) is 0 Å². The van der Waals surface area contributed by atoms with Crippen LogP contribution >= 0.6 is 11.3 Å². The lowest BCUT2D eigenvalue weighted by molar-refractivity contribution is -0.112. The first-order chi connectivity index (χ1) is 11.5. The van der Waals surface area contributed by atoms with Crippen molar-refractivity contribution < 1.29 is 9.59 Å². The maximum atomic E-state index is 12.5. The molecule has 7 heteroatoms. The van der Waals surface area contributed by atoms with Gasteiger partial charge in [-0.15, -0.1) is 10.2 Å². The van der Waals surface area contributed by atoms with Crippen LogP contribution in [0.25, 0.3) is 5.69 Å². The van der Waals surface area contributed by atoms with Gasteiger partial charge in [-0.2, -0.15) is 0 Å². The van der Waals surface area contributed by atoms with E-state index < -0.39 is 11.7 Å². The number of hydrogen-bond acceptors (Lipinski definition) is 5. The topological polar surface area (TPSA) is 76.9 Å². The Kier molecular flexibility index (Phi) is 4.26. The summed E-state index contributed by atoms with van der Waals surface area (Å²) in [5.41, 5.74) is 2.95. The van der Waals surface area contributed by atoms with Crippen LogP contribution in [-0.2, 0) is 4.79 Å². The number of para-hydroxylation sites is 1. The highest BCUT2D eigenvalue weighted by molar-refractivity contribution is 7.15. The summed E-state index contributed by atoms with van der Waals surface area (Å²) < 4.78 is 1.95. The average molecular weight is 340 g/mol. The highest BCUT2D eigenvalue weighted by atomic mass is 32.1. The number of ketones is 1. The lowest BCUT2D eigenvalue weighted by Gasteiger charge is -2.09. The Labute approximate surface area is 143 Å². The van der Waals surface area contributed by atoms with Crippen molar-refractivity contribution in [3.8, 4) is 5.69 Å². The molecule has 0 spiro atoms. The molecule has 0 aliphatic carbocycles. The molecule has 24 heavy (non-hydrogen) atoms. The third kappa shape index (κ3) is 2.98. The molecule has 6 nitrogen and oxygen atoms in total. The lowest BCUT2D eigenvalue weighted by atomic mass is 10.1. The molecule has 0 bridgehead atoms. The summed E-state index contributed by atoms with van der Waals surface area (Å²) >= 11 is 1.23. The van der Waals surface area contributed by atoms with E-state index in [1.807, 2.05) is 48.7 Å². The quantitative estimate of drug-likeness (QED) is 0.585. The fraction of sp³-hybridized carbons (Fsp3) is 0.176. The Bertz CT molecular complexity index is 912. The van der Waals surface area contributed by atoms with Crippen molar-refractivity contribution in [1.82, 2.24) is 14.8 Å². The van der Waals surface area contributed by atoms with Gasteiger partial charge in [-0.1, -0.05) is 29.5 Å². The standard InChI is InChI=1S/C17H16N4O2S/c1-10-9-14(11(2)21(10)13-7-5-4-6-8-13)15(22)16(23)18-17-20-19-12(3)24-17/h4-9H,1-3H3,(H,18,20,23). The van der Waals surface area contributed by atoms with E-state index in [1.54, 1.807) is 13.0 Å². The molecule has 3 aromatic rings. The van der Waals surface area contributed by atoms with Crippen molar-refractivity contribution in [1.29, 1.82) is 0 Å². The van der Waals surface area contributed by atoms with Gasteiger partial charge in [0, 0.05) is 22.6 Å². The van der Waals surface area contributed by atoms with E-state index in [4.69, 9.17) is 0 Å². The number of rotatable bonds is 4. The van der Waals surface area contributed by atoms with Crippen LogP contribution in [0, 0.1) is 20.8 Å². The third-order valence-electron chi connectivity index (χ3n) is 3.64. The first-order valence-electron chi connectivity index (χ1n) is 7.37. The maximum Gasteiger partial charge on any atom is 0.298 e. The van der Waals surface area contributed by atoms with E-state index in [9.17, 15) is 9.59 Å². The summed E-state index contributed by atoms with van der Waals surface area (Å²) in [5, 5.41) is 11.2. The molecule has 0 aliphatic heterocycles. The molecule has 1 amide bonds. The van der Waals surface area contributed by atoms with Crippen LogP contribution < -0.4 is 5.32 Å². The van der Waals surface area contributed by atoms with Crippen molar-refractivity contribution in [2.45, 2.75) is 20.8 Å². The van der Waals surface area contributed by atoms with Crippen molar-refractivity contribution in [3.05, 3.63) is 58.4 Å². The molecule has 1 aromatic carbocycles. The molecular formula is C17H16N4O2S. The Balaban J connectivity index is 1.89. The van der Waals surface area contributed by atoms with Crippen LogP contribution in [0.3, 0.4) is 0 Å². The molecule has 3 rings (SSSR count). The van der Waals surface area contributed by atoms with Crippen LogP contribution in [0.5, 0.6) is 0 Å². The predicted octanol–water partition coefficient (Wildman–Crippen LogP) is 3.08. The number of Topliss-reactive ketones (excluding diaryl/α,β-unsaturated/α-hetero) is 1. The number of benzene rings is 1. The smallest absolute Gasteiger partial charge is 0.298 e. The van der Waals surface area contributed by atoms with E-state index in [0.29, 0.717) is 10.7 Å². The first kappa shape index (κ1) is 16.1. The third-order valence-corrected chi connectivity index (χ3v) is 4.40. The molecule has 1 N–H and O–H groups in total. The maximum absolute atomic E-state index is 12.5. The van der Waals surface area contributed by atoms with E-state index >= 15 is 0 Å². The van der Waals surface area contributed by atoms with Gasteiger partial charge in [0.2, 0.25) is 5.13 Å². The molecule has 0 atom stereocenters. The van der Waals surface area contributed by atoms with Gasteiger partial charge in [-0.05, 0) is 39.0 Å². The fourth-order valence-electron chi connectivity index (χ4n) is 2.59. The number of hydrogen-bond donors (Lipinski definition) is 1. The van der Waals surface area contributed by atoms with Crippen molar-refractivity contribution >= 4 is 28.2 Å². The van der Waals surface area contributed by atoms with Gasteiger partial charge in [0.15, 0.2) is 0 Å². The Morgan fingerprint density at radius 2 is 1.79 bits per heavy atom. The summed E-state index contributed by atoms with van der Waals surface area (Å²) in [5.74, 6) is -1.29. The number of aryl methyl sites for hydroxylation is 2. The monoisotopic (exact) mass is 340 g/mol. The van der Waals surface area contributed by atoms with Gasteiger partial charge in [-0.3, -0.25) is 14.9 Å². The van der Waals surface area contributed by atoms with Crippen LogP contribution in [0.1, 0.15) is 26.8 Å². The predicted molar refractivity (Wildman–Crippen MR) is 92.8 cm³/mol. The van der Waals surface area contributed by atoms with Gasteiger partial charge in [-0.25, -0.2) is 0 Å². The summed E-state index contributed by atoms with van der Waals surface area (Å²) in [6, 6.07) is 11.4. The second kappa shape index (κ2) is 6.37. The lowest BCUT2D eigenvalue weighted by Crippen LogP contribution is -2.23. The molecule has 0 unspecified atom stereocenters. The first-order valence-corrected chi connectivity index (χ1v) is 8.19. The van der Waals surface area contributed by atoms with E-state index in [1.165, 1.54) is 11.3 Å². The normalized spacial score (nSPS) is 10.6. The Morgan fingerprint density at radius 1 is 1.08 bits per heavy atom. The van der Waals surface area contributed by atoms with Gasteiger partial charge in [0.25, 0.3) is 11.7 Å². The molecule has 0 saturated carbocycles. The molecule has 2 aromatic heterocycles. The van der Waals surface area contributed by atoms with Crippen LogP contribution in [0.4, 0.5) is 5.13 Å². The van der Waals surface area contributed by atoms with E-state index in [0.717, 1.165) is 22.1 Å². The Morgan fingerprint density at radius 3 is 2.42 bits per heavy atom. The van der Waals surface area contributed by atoms with E-state index in [-0.39, 0.29) is 0 Å². The zero-order valence-electron chi connectivity index (χ0n) is 13.5. The number of nitrogens with zero attached hydrogens (tertiary/aromatic N) is 3. The van der Waals surface area contributed by atoms with Gasteiger partial charge < -0.3 is 4.57 Å². The van der Waals surface area contributed by atoms with Crippen LogP contribution in [-0.4, -0.2) is 26.5 Å². The molecule has 0 saturated heterocycles. The number of carbonyl (C=O) groups is 2. The zero-order chi connectivity index (χ0) is 17.3. The Hall–Kier alpha value is -2.80. The number of amides is 1. The highest BCUT2D eigenvalue weighted by Crippen LogP contribution is 2.22. The minimum Gasteiger partial charge on any atom is -0.318 e. The number of aromatic nitrogens is 3. The molecule has 122 valence electrons. The molecular weight excluding hydrogens is 324 g/mol. The van der Waals surface area contributed by atoms with E-state index in [2.05, 4.69) is 15.5 Å². The average Bonchev–Trinajstić information content (AvgIpc) is 3.10. The summed E-state index contributed by atoms with van der Waals surface area (Å²) in [6.45, 7) is 5.51. The zero-order valence-corrected chi connectivity index (χ0v) is 14.3. The minimum absolute atomic E-state index is 0.322. The highest BCUT2D eigenvalue weighted by Gasteiger charge is 2.23. The summed E-state index contributed by atoms with van der Waals surface area (Å²) in [4.78, 5) is 24.7. The molecule has 0 radical (unpaired) electrons. The van der Waals surface area contributed by atoms with Crippen LogP contribution in [0.15, 0.2) is 36.4 Å². The summed E-state index contributed by atoms with van der Waals surface area (Å²) in [7, 11) is 0. The minimum atomic E-state index is -0.709. The van der Waals surface area contributed by atoms with Crippen molar-refractivity contribution in [2.75, 3.05) is 5.32 Å². The largest absolute Gasteiger partial charge is 0.318 e. The van der Waals surface area contributed by atoms with Crippen molar-refractivity contribution in [3.63, 3.8) is 0 Å². The van der Waals surface area contributed by atoms with Gasteiger partial charge in [0.05, 0.1) is 0 Å².